The van der Waals surface area contributed by atoms with E-state index in [0.29, 0.717) is 6.42 Å². The summed E-state index contributed by atoms with van der Waals surface area (Å²) in [5.41, 5.74) is 7.37. The molecule has 78 valence electrons. The van der Waals surface area contributed by atoms with Crippen LogP contribution in [0, 0.1) is 11.3 Å². The van der Waals surface area contributed by atoms with E-state index in [-0.39, 0.29) is 11.9 Å². The van der Waals surface area contributed by atoms with Crippen LogP contribution < -0.4 is 11.1 Å². The predicted octanol–water partition coefficient (Wildman–Crippen LogP) is 1.56. The standard InChI is InChI=1S/C11H13N3O/c1-8(15)14-10-4-2-9(3-5-10)11(13)6-7-12/h2-5,11H,6,13H2,1H3,(H,14,15)/t11-/m1/s1. The Bertz CT molecular complexity index is 378. The molecule has 1 atom stereocenters. The molecule has 4 heteroatoms. The molecule has 0 spiro atoms. The van der Waals surface area contributed by atoms with Gasteiger partial charge in [0, 0.05) is 18.7 Å². The number of carbonyl (C=O) groups is 1. The topological polar surface area (TPSA) is 78.9 Å². The van der Waals surface area contributed by atoms with E-state index in [0.717, 1.165) is 11.3 Å². The molecule has 0 aliphatic rings. The number of nitrogens with two attached hydrogens (primary N) is 1. The van der Waals surface area contributed by atoms with Crippen molar-refractivity contribution in [3.05, 3.63) is 29.8 Å². The number of hydrogen-bond donors (Lipinski definition) is 2. The van der Waals surface area contributed by atoms with Gasteiger partial charge in [-0.3, -0.25) is 4.79 Å². The van der Waals surface area contributed by atoms with Crippen LogP contribution in [0.25, 0.3) is 0 Å². The maximum atomic E-state index is 10.8. The van der Waals surface area contributed by atoms with E-state index >= 15 is 0 Å². The van der Waals surface area contributed by atoms with Gasteiger partial charge in [0.15, 0.2) is 0 Å². The monoisotopic (exact) mass is 203 g/mol. The molecule has 0 heterocycles. The van der Waals surface area contributed by atoms with Crippen LogP contribution in [0.5, 0.6) is 0 Å². The Morgan fingerprint density at radius 2 is 2.13 bits per heavy atom. The van der Waals surface area contributed by atoms with E-state index in [2.05, 4.69) is 5.32 Å². The number of anilines is 1. The van der Waals surface area contributed by atoms with Crippen LogP contribution >= 0.6 is 0 Å². The van der Waals surface area contributed by atoms with Crippen molar-refractivity contribution >= 4 is 11.6 Å². The molecule has 1 aromatic carbocycles. The molecule has 1 aromatic rings. The van der Waals surface area contributed by atoms with Crippen LogP contribution in [0.15, 0.2) is 24.3 Å². The fourth-order valence-corrected chi connectivity index (χ4v) is 1.23. The van der Waals surface area contributed by atoms with E-state index < -0.39 is 0 Å². The molecule has 0 unspecified atom stereocenters. The van der Waals surface area contributed by atoms with Crippen molar-refractivity contribution in [3.8, 4) is 6.07 Å². The molecule has 0 bridgehead atoms. The van der Waals surface area contributed by atoms with Gasteiger partial charge in [0.1, 0.15) is 0 Å². The summed E-state index contributed by atoms with van der Waals surface area (Å²) >= 11 is 0. The zero-order valence-corrected chi connectivity index (χ0v) is 8.53. The van der Waals surface area contributed by atoms with Crippen LogP contribution in [0.1, 0.15) is 24.9 Å². The molecule has 0 aliphatic carbocycles. The quantitative estimate of drug-likeness (QED) is 0.782. The molecular formula is C11H13N3O. The summed E-state index contributed by atoms with van der Waals surface area (Å²) < 4.78 is 0. The fourth-order valence-electron chi connectivity index (χ4n) is 1.23. The highest BCUT2D eigenvalue weighted by Crippen LogP contribution is 2.16. The highest BCUT2D eigenvalue weighted by molar-refractivity contribution is 5.88. The highest BCUT2D eigenvalue weighted by Gasteiger charge is 2.04. The van der Waals surface area contributed by atoms with E-state index in [4.69, 9.17) is 11.0 Å². The van der Waals surface area contributed by atoms with Gasteiger partial charge in [-0.15, -0.1) is 0 Å². The Labute approximate surface area is 88.7 Å². The number of nitrogens with one attached hydrogen (secondary N) is 1. The van der Waals surface area contributed by atoms with Gasteiger partial charge in [-0.25, -0.2) is 0 Å². The van der Waals surface area contributed by atoms with Gasteiger partial charge >= 0.3 is 0 Å². The van der Waals surface area contributed by atoms with Crippen molar-refractivity contribution in [2.24, 2.45) is 5.73 Å². The Hall–Kier alpha value is -1.86. The third kappa shape index (κ3) is 3.41. The van der Waals surface area contributed by atoms with Gasteiger partial charge in [-0.1, -0.05) is 12.1 Å². The maximum absolute atomic E-state index is 10.8. The molecule has 0 fully saturated rings. The first-order valence-corrected chi connectivity index (χ1v) is 4.63. The largest absolute Gasteiger partial charge is 0.326 e. The van der Waals surface area contributed by atoms with Crippen LogP contribution in [-0.2, 0) is 4.79 Å². The number of amides is 1. The fraction of sp³-hybridized carbons (Fsp3) is 0.273. The lowest BCUT2D eigenvalue weighted by Crippen LogP contribution is -2.10. The molecule has 4 nitrogen and oxygen atoms in total. The Morgan fingerprint density at radius 3 is 2.60 bits per heavy atom. The van der Waals surface area contributed by atoms with Crippen molar-refractivity contribution in [3.63, 3.8) is 0 Å². The van der Waals surface area contributed by atoms with Crippen molar-refractivity contribution in [1.29, 1.82) is 5.26 Å². The van der Waals surface area contributed by atoms with Gasteiger partial charge in [0.25, 0.3) is 0 Å². The minimum Gasteiger partial charge on any atom is -0.326 e. The molecule has 0 aromatic heterocycles. The Morgan fingerprint density at radius 1 is 1.53 bits per heavy atom. The second kappa shape index (κ2) is 5.13. The number of hydrogen-bond acceptors (Lipinski definition) is 3. The summed E-state index contributed by atoms with van der Waals surface area (Å²) in [5, 5.41) is 11.1. The molecule has 15 heavy (non-hydrogen) atoms. The smallest absolute Gasteiger partial charge is 0.221 e. The highest BCUT2D eigenvalue weighted by atomic mass is 16.1. The number of nitrogens with zero attached hydrogens (tertiary/aromatic N) is 1. The van der Waals surface area contributed by atoms with E-state index in [1.165, 1.54) is 6.92 Å². The number of nitriles is 1. The zero-order chi connectivity index (χ0) is 11.3. The Kier molecular flexibility index (Phi) is 3.83. The average molecular weight is 203 g/mol. The number of carbonyl (C=O) groups excluding carboxylic acids is 1. The van der Waals surface area contributed by atoms with Crippen molar-refractivity contribution in [2.45, 2.75) is 19.4 Å². The molecule has 0 aliphatic heterocycles. The van der Waals surface area contributed by atoms with Gasteiger partial charge in [0.05, 0.1) is 12.5 Å². The van der Waals surface area contributed by atoms with E-state index in [1.807, 2.05) is 18.2 Å². The zero-order valence-electron chi connectivity index (χ0n) is 8.53. The van der Waals surface area contributed by atoms with Crippen LogP contribution in [0.4, 0.5) is 5.69 Å². The maximum Gasteiger partial charge on any atom is 0.221 e. The first kappa shape index (κ1) is 11.2. The van der Waals surface area contributed by atoms with Crippen molar-refractivity contribution in [2.75, 3.05) is 5.32 Å². The summed E-state index contributed by atoms with van der Waals surface area (Å²) in [6.45, 7) is 1.45. The molecule has 1 amide bonds. The van der Waals surface area contributed by atoms with E-state index in [1.54, 1.807) is 12.1 Å². The first-order valence-electron chi connectivity index (χ1n) is 4.63. The first-order chi connectivity index (χ1) is 7.13. The third-order valence-corrected chi connectivity index (χ3v) is 1.97. The molecular weight excluding hydrogens is 190 g/mol. The molecule has 1 rings (SSSR count). The Balaban J connectivity index is 2.72. The number of rotatable bonds is 3. The SMILES string of the molecule is CC(=O)Nc1ccc([C@H](N)CC#N)cc1. The molecule has 3 N–H and O–H groups in total. The van der Waals surface area contributed by atoms with Crippen LogP contribution in [0.2, 0.25) is 0 Å². The van der Waals surface area contributed by atoms with Crippen molar-refractivity contribution < 1.29 is 4.79 Å². The lowest BCUT2D eigenvalue weighted by molar-refractivity contribution is -0.114. The normalized spacial score (nSPS) is 11.5. The third-order valence-electron chi connectivity index (χ3n) is 1.97. The summed E-state index contributed by atoms with van der Waals surface area (Å²) in [6.07, 6.45) is 0.291. The van der Waals surface area contributed by atoms with Gasteiger partial charge in [-0.05, 0) is 17.7 Å². The minimum atomic E-state index is -0.263. The second-order valence-corrected chi connectivity index (χ2v) is 3.27. The second-order valence-electron chi connectivity index (χ2n) is 3.27. The van der Waals surface area contributed by atoms with Crippen LogP contribution in [-0.4, -0.2) is 5.91 Å². The summed E-state index contributed by atoms with van der Waals surface area (Å²) in [5.74, 6) is -0.107. The summed E-state index contributed by atoms with van der Waals surface area (Å²) in [4.78, 5) is 10.8. The van der Waals surface area contributed by atoms with E-state index in [9.17, 15) is 4.79 Å². The predicted molar refractivity (Wildman–Crippen MR) is 57.9 cm³/mol. The van der Waals surface area contributed by atoms with Gasteiger partial charge < -0.3 is 11.1 Å². The molecule has 0 radical (unpaired) electrons. The minimum absolute atomic E-state index is 0.107. The average Bonchev–Trinajstić information content (AvgIpc) is 2.18. The summed E-state index contributed by atoms with van der Waals surface area (Å²) in [6, 6.07) is 8.92. The van der Waals surface area contributed by atoms with Crippen LogP contribution in [0.3, 0.4) is 0 Å². The van der Waals surface area contributed by atoms with Gasteiger partial charge in [0.2, 0.25) is 5.91 Å². The van der Waals surface area contributed by atoms with Crippen molar-refractivity contribution in [1.82, 2.24) is 0 Å². The summed E-state index contributed by atoms with van der Waals surface area (Å²) in [7, 11) is 0. The lowest BCUT2D eigenvalue weighted by atomic mass is 10.1. The molecule has 0 saturated heterocycles. The molecule has 0 saturated carbocycles. The lowest BCUT2D eigenvalue weighted by Gasteiger charge is -2.08. The van der Waals surface area contributed by atoms with Gasteiger partial charge in [-0.2, -0.15) is 5.26 Å². The number of benzene rings is 1.